The van der Waals surface area contributed by atoms with Crippen LogP contribution in [0, 0.1) is 0 Å². The summed E-state index contributed by atoms with van der Waals surface area (Å²) in [5.74, 6) is -0.936. The SMILES string of the molecule is CCOC(=O)c1cc2c(=O)n3ccccc3nc2n(C)c1=NC(=O)C(C)(C)Oc1ccc(Cl)cc1. The van der Waals surface area contributed by atoms with E-state index < -0.39 is 17.5 Å². The fourth-order valence-corrected chi connectivity index (χ4v) is 3.65. The molecule has 35 heavy (non-hydrogen) atoms. The number of benzene rings is 1. The number of carbonyl (C=O) groups is 2. The van der Waals surface area contributed by atoms with Crippen LogP contribution in [0.4, 0.5) is 0 Å². The maximum atomic E-state index is 13.2. The fourth-order valence-electron chi connectivity index (χ4n) is 3.53. The summed E-state index contributed by atoms with van der Waals surface area (Å²) in [5.41, 5.74) is -1.10. The lowest BCUT2D eigenvalue weighted by molar-refractivity contribution is -0.130. The van der Waals surface area contributed by atoms with Crippen LogP contribution in [0.25, 0.3) is 16.7 Å². The summed E-state index contributed by atoms with van der Waals surface area (Å²) in [6, 6.07) is 13.1. The van der Waals surface area contributed by atoms with Crippen LogP contribution >= 0.6 is 11.6 Å². The molecule has 0 unspecified atom stereocenters. The number of rotatable bonds is 5. The van der Waals surface area contributed by atoms with Gasteiger partial charge in [0.05, 0.1) is 12.0 Å². The van der Waals surface area contributed by atoms with Crippen LogP contribution < -0.4 is 15.8 Å². The number of ether oxygens (including phenoxy) is 2. The van der Waals surface area contributed by atoms with Crippen LogP contribution in [-0.2, 0) is 16.6 Å². The number of hydrogen-bond donors (Lipinski definition) is 0. The Balaban J connectivity index is 1.92. The van der Waals surface area contributed by atoms with Gasteiger partial charge in [-0.25, -0.2) is 9.78 Å². The molecule has 1 amide bonds. The number of nitrogens with zero attached hydrogens (tertiary/aromatic N) is 4. The number of fused-ring (bicyclic) bond motifs is 2. The molecule has 3 aromatic heterocycles. The van der Waals surface area contributed by atoms with Crippen LogP contribution in [0.3, 0.4) is 0 Å². The van der Waals surface area contributed by atoms with Crippen molar-refractivity contribution in [1.29, 1.82) is 0 Å². The summed E-state index contributed by atoms with van der Waals surface area (Å²) in [6.07, 6.45) is 1.59. The van der Waals surface area contributed by atoms with Crippen molar-refractivity contribution in [1.82, 2.24) is 14.0 Å². The van der Waals surface area contributed by atoms with E-state index in [1.165, 1.54) is 15.0 Å². The van der Waals surface area contributed by atoms with Crippen LogP contribution in [0.2, 0.25) is 5.02 Å². The lowest BCUT2D eigenvalue weighted by Gasteiger charge is -2.23. The summed E-state index contributed by atoms with van der Waals surface area (Å²) in [7, 11) is 1.58. The van der Waals surface area contributed by atoms with E-state index in [2.05, 4.69) is 9.98 Å². The minimum Gasteiger partial charge on any atom is -0.478 e. The summed E-state index contributed by atoms with van der Waals surface area (Å²) in [4.78, 5) is 48.0. The van der Waals surface area contributed by atoms with Crippen molar-refractivity contribution in [2.75, 3.05) is 6.61 Å². The zero-order valence-electron chi connectivity index (χ0n) is 19.6. The molecular weight excluding hydrogens is 472 g/mol. The lowest BCUT2D eigenvalue weighted by Crippen LogP contribution is -2.40. The van der Waals surface area contributed by atoms with Crippen LogP contribution in [0.5, 0.6) is 5.75 Å². The molecule has 0 aliphatic carbocycles. The molecule has 0 N–H and O–H groups in total. The first kappa shape index (κ1) is 24.2. The Kier molecular flexibility index (Phi) is 6.45. The number of aromatic nitrogens is 3. The van der Waals surface area contributed by atoms with Gasteiger partial charge in [-0.3, -0.25) is 14.0 Å². The highest BCUT2D eigenvalue weighted by atomic mass is 35.5. The van der Waals surface area contributed by atoms with Gasteiger partial charge in [-0.15, -0.1) is 0 Å². The summed E-state index contributed by atoms with van der Waals surface area (Å²) < 4.78 is 13.8. The van der Waals surface area contributed by atoms with Crippen molar-refractivity contribution in [2.45, 2.75) is 26.4 Å². The van der Waals surface area contributed by atoms with Gasteiger partial charge in [-0.1, -0.05) is 17.7 Å². The van der Waals surface area contributed by atoms with E-state index in [0.717, 1.165) is 0 Å². The number of amides is 1. The molecule has 180 valence electrons. The predicted octanol–water partition coefficient (Wildman–Crippen LogP) is 3.30. The Morgan fingerprint density at radius 3 is 2.54 bits per heavy atom. The molecule has 0 spiro atoms. The van der Waals surface area contributed by atoms with Gasteiger partial charge in [0.1, 0.15) is 22.6 Å². The standard InChI is InChI=1S/C25H23ClN4O5/c1-5-34-23(32)18-14-17-20(27-19-8-6-7-13-30(19)22(17)31)29(4)21(18)28-24(33)25(2,3)35-16-11-9-15(26)10-12-16/h6-14H,5H2,1-4H3. The van der Waals surface area contributed by atoms with Gasteiger partial charge in [0.2, 0.25) is 0 Å². The average molecular weight is 495 g/mol. The molecular formula is C25H23ClN4O5. The minimum absolute atomic E-state index is 0.000845. The molecule has 0 radical (unpaired) electrons. The normalized spacial score (nSPS) is 12.2. The van der Waals surface area contributed by atoms with E-state index in [0.29, 0.717) is 16.4 Å². The molecule has 0 aliphatic rings. The first-order valence-electron chi connectivity index (χ1n) is 10.8. The summed E-state index contributed by atoms with van der Waals surface area (Å²) in [6.45, 7) is 4.90. The third kappa shape index (κ3) is 4.67. The monoisotopic (exact) mass is 494 g/mol. The highest BCUT2D eigenvalue weighted by molar-refractivity contribution is 6.30. The van der Waals surface area contributed by atoms with Crippen molar-refractivity contribution >= 4 is 40.2 Å². The van der Waals surface area contributed by atoms with Crippen LogP contribution in [0.1, 0.15) is 31.1 Å². The van der Waals surface area contributed by atoms with Crippen LogP contribution in [0.15, 0.2) is 64.5 Å². The molecule has 0 saturated heterocycles. The van der Waals surface area contributed by atoms with Gasteiger partial charge in [-0.2, -0.15) is 4.99 Å². The topological polar surface area (TPSA) is 104 Å². The second-order valence-corrected chi connectivity index (χ2v) is 8.66. The maximum Gasteiger partial charge on any atom is 0.341 e. The minimum atomic E-state index is -1.38. The van der Waals surface area contributed by atoms with E-state index in [1.807, 2.05) is 0 Å². The molecule has 0 aliphatic heterocycles. The Morgan fingerprint density at radius 1 is 1.14 bits per heavy atom. The smallest absolute Gasteiger partial charge is 0.341 e. The average Bonchev–Trinajstić information content (AvgIpc) is 2.82. The molecule has 10 heteroatoms. The second kappa shape index (κ2) is 9.34. The number of halogens is 1. The third-order valence-corrected chi connectivity index (χ3v) is 5.57. The number of aryl methyl sites for hydroxylation is 1. The van der Waals surface area contributed by atoms with Gasteiger partial charge in [0, 0.05) is 18.3 Å². The fraction of sp³-hybridized carbons (Fsp3) is 0.240. The van der Waals surface area contributed by atoms with Gasteiger partial charge in [-0.05, 0) is 63.2 Å². The van der Waals surface area contributed by atoms with Crippen molar-refractivity contribution in [3.8, 4) is 5.75 Å². The largest absolute Gasteiger partial charge is 0.478 e. The van der Waals surface area contributed by atoms with Gasteiger partial charge in [0.15, 0.2) is 11.1 Å². The maximum absolute atomic E-state index is 13.2. The summed E-state index contributed by atoms with van der Waals surface area (Å²) in [5, 5.41) is 0.715. The molecule has 1 aromatic carbocycles. The van der Waals surface area contributed by atoms with E-state index >= 15 is 0 Å². The molecule has 4 rings (SSSR count). The van der Waals surface area contributed by atoms with E-state index in [-0.39, 0.29) is 34.3 Å². The number of pyridine rings is 2. The second-order valence-electron chi connectivity index (χ2n) is 8.23. The van der Waals surface area contributed by atoms with Crippen molar-refractivity contribution < 1.29 is 19.1 Å². The van der Waals surface area contributed by atoms with Gasteiger partial charge < -0.3 is 14.0 Å². The summed E-state index contributed by atoms with van der Waals surface area (Å²) >= 11 is 5.92. The Bertz CT molecular complexity index is 1590. The van der Waals surface area contributed by atoms with E-state index in [4.69, 9.17) is 21.1 Å². The van der Waals surface area contributed by atoms with Crippen molar-refractivity contribution in [3.63, 3.8) is 0 Å². The quantitative estimate of drug-likeness (QED) is 0.311. The number of hydrogen-bond acceptors (Lipinski definition) is 6. The van der Waals surface area contributed by atoms with E-state index in [9.17, 15) is 14.4 Å². The molecule has 0 saturated carbocycles. The van der Waals surface area contributed by atoms with Gasteiger partial charge >= 0.3 is 5.97 Å². The molecule has 0 fully saturated rings. The first-order valence-corrected chi connectivity index (χ1v) is 11.2. The van der Waals surface area contributed by atoms with E-state index in [1.54, 1.807) is 76.5 Å². The Morgan fingerprint density at radius 2 is 1.86 bits per heavy atom. The predicted molar refractivity (Wildman–Crippen MR) is 131 cm³/mol. The lowest BCUT2D eigenvalue weighted by atomic mass is 10.1. The number of carbonyl (C=O) groups excluding carboxylic acids is 2. The molecule has 0 bridgehead atoms. The molecule has 4 aromatic rings. The molecule has 9 nitrogen and oxygen atoms in total. The first-order chi connectivity index (χ1) is 16.6. The Hall–Kier alpha value is -3.98. The highest BCUT2D eigenvalue weighted by Crippen LogP contribution is 2.22. The van der Waals surface area contributed by atoms with Crippen molar-refractivity contribution in [3.05, 3.63) is 81.2 Å². The highest BCUT2D eigenvalue weighted by Gasteiger charge is 2.30. The molecule has 3 heterocycles. The number of esters is 1. The zero-order valence-corrected chi connectivity index (χ0v) is 20.4. The third-order valence-electron chi connectivity index (χ3n) is 5.32. The Labute approximate surface area is 205 Å². The molecule has 0 atom stereocenters. The van der Waals surface area contributed by atoms with Crippen LogP contribution in [-0.4, -0.2) is 38.0 Å². The van der Waals surface area contributed by atoms with Crippen molar-refractivity contribution in [2.24, 2.45) is 12.0 Å². The van der Waals surface area contributed by atoms with Gasteiger partial charge in [0.25, 0.3) is 11.5 Å². The zero-order chi connectivity index (χ0) is 25.3.